The van der Waals surface area contributed by atoms with Gasteiger partial charge in [0.2, 0.25) is 0 Å². The maximum atomic E-state index is 5.82. The zero-order chi connectivity index (χ0) is 12.8. The summed E-state index contributed by atoms with van der Waals surface area (Å²) in [5.74, 6) is 2.39. The molecule has 2 heteroatoms. The van der Waals surface area contributed by atoms with E-state index in [0.717, 1.165) is 24.6 Å². The number of benzene rings is 1. The third-order valence-electron chi connectivity index (χ3n) is 4.23. The van der Waals surface area contributed by atoms with Crippen molar-refractivity contribution in [3.8, 4) is 5.75 Å². The zero-order valence-electron chi connectivity index (χ0n) is 11.4. The molecule has 2 N–H and O–H groups in total. The molecule has 0 spiro atoms. The summed E-state index contributed by atoms with van der Waals surface area (Å²) in [6.07, 6.45) is 7.93. The normalized spacial score (nSPS) is 18.6. The largest absolute Gasteiger partial charge is 0.496 e. The molecule has 0 radical (unpaired) electrons. The van der Waals surface area contributed by atoms with Gasteiger partial charge < -0.3 is 10.5 Å². The fraction of sp³-hybridized carbons (Fsp3) is 0.625. The minimum Gasteiger partial charge on any atom is -0.496 e. The molecular formula is C16H25NO. The van der Waals surface area contributed by atoms with Crippen LogP contribution in [0.1, 0.15) is 50.0 Å². The monoisotopic (exact) mass is 247 g/mol. The molecule has 1 aromatic rings. The SMILES string of the molecule is COc1ccccc1C(CCN)C1CCCCC1. The van der Waals surface area contributed by atoms with Gasteiger partial charge in [-0.3, -0.25) is 0 Å². The fourth-order valence-corrected chi connectivity index (χ4v) is 3.33. The van der Waals surface area contributed by atoms with E-state index in [1.54, 1.807) is 7.11 Å². The van der Waals surface area contributed by atoms with Crippen LogP contribution in [0.4, 0.5) is 0 Å². The second-order valence-electron chi connectivity index (χ2n) is 5.32. The molecule has 2 nitrogen and oxygen atoms in total. The Kier molecular flexibility index (Phi) is 5.06. The van der Waals surface area contributed by atoms with Gasteiger partial charge in [-0.25, -0.2) is 0 Å². The number of para-hydroxylation sites is 1. The molecule has 1 saturated carbocycles. The van der Waals surface area contributed by atoms with E-state index in [1.807, 2.05) is 6.07 Å². The van der Waals surface area contributed by atoms with E-state index in [1.165, 1.54) is 37.7 Å². The Hall–Kier alpha value is -1.02. The highest BCUT2D eigenvalue weighted by Gasteiger charge is 2.26. The van der Waals surface area contributed by atoms with Crippen LogP contribution >= 0.6 is 0 Å². The molecule has 1 aliphatic carbocycles. The summed E-state index contributed by atoms with van der Waals surface area (Å²) in [4.78, 5) is 0. The van der Waals surface area contributed by atoms with Crippen LogP contribution in [0.25, 0.3) is 0 Å². The van der Waals surface area contributed by atoms with Crippen molar-refractivity contribution in [1.82, 2.24) is 0 Å². The molecule has 0 amide bonds. The third-order valence-corrected chi connectivity index (χ3v) is 4.23. The molecule has 0 aromatic heterocycles. The van der Waals surface area contributed by atoms with Gasteiger partial charge in [-0.15, -0.1) is 0 Å². The Labute approximate surface area is 111 Å². The molecule has 1 aromatic carbocycles. The Morgan fingerprint density at radius 1 is 1.22 bits per heavy atom. The van der Waals surface area contributed by atoms with Crippen molar-refractivity contribution in [2.24, 2.45) is 11.7 Å². The Morgan fingerprint density at radius 2 is 1.94 bits per heavy atom. The van der Waals surface area contributed by atoms with Gasteiger partial charge in [0.05, 0.1) is 7.11 Å². The minimum absolute atomic E-state index is 0.575. The first-order valence-corrected chi connectivity index (χ1v) is 7.19. The van der Waals surface area contributed by atoms with Gasteiger partial charge in [-0.2, -0.15) is 0 Å². The van der Waals surface area contributed by atoms with Crippen molar-refractivity contribution >= 4 is 0 Å². The second-order valence-corrected chi connectivity index (χ2v) is 5.32. The van der Waals surface area contributed by atoms with Crippen LogP contribution < -0.4 is 10.5 Å². The van der Waals surface area contributed by atoms with Crippen LogP contribution in [0.15, 0.2) is 24.3 Å². The van der Waals surface area contributed by atoms with Gasteiger partial charge >= 0.3 is 0 Å². The molecule has 18 heavy (non-hydrogen) atoms. The van der Waals surface area contributed by atoms with Crippen LogP contribution in [0.2, 0.25) is 0 Å². The number of hydrogen-bond donors (Lipinski definition) is 1. The molecule has 1 fully saturated rings. The van der Waals surface area contributed by atoms with E-state index < -0.39 is 0 Å². The highest BCUT2D eigenvalue weighted by atomic mass is 16.5. The van der Waals surface area contributed by atoms with Crippen molar-refractivity contribution < 1.29 is 4.74 Å². The second kappa shape index (κ2) is 6.79. The van der Waals surface area contributed by atoms with E-state index in [2.05, 4.69) is 18.2 Å². The highest BCUT2D eigenvalue weighted by Crippen LogP contribution is 2.41. The van der Waals surface area contributed by atoms with E-state index in [-0.39, 0.29) is 0 Å². The molecule has 0 bridgehead atoms. The lowest BCUT2D eigenvalue weighted by molar-refractivity contribution is 0.289. The molecule has 2 rings (SSSR count). The lowest BCUT2D eigenvalue weighted by atomic mass is 9.75. The molecule has 1 aliphatic rings. The first-order chi connectivity index (χ1) is 8.86. The van der Waals surface area contributed by atoms with Crippen molar-refractivity contribution in [3.05, 3.63) is 29.8 Å². The third kappa shape index (κ3) is 3.05. The summed E-state index contributed by atoms with van der Waals surface area (Å²) in [5.41, 5.74) is 7.18. The van der Waals surface area contributed by atoms with Crippen molar-refractivity contribution in [1.29, 1.82) is 0 Å². The summed E-state index contributed by atoms with van der Waals surface area (Å²) >= 11 is 0. The first kappa shape index (κ1) is 13.4. The minimum atomic E-state index is 0.575. The Morgan fingerprint density at radius 3 is 2.61 bits per heavy atom. The summed E-state index contributed by atoms with van der Waals surface area (Å²) in [7, 11) is 1.76. The Bertz CT molecular complexity index is 358. The maximum Gasteiger partial charge on any atom is 0.122 e. The molecule has 1 atom stereocenters. The summed E-state index contributed by atoms with van der Waals surface area (Å²) in [5, 5.41) is 0. The van der Waals surface area contributed by atoms with Gasteiger partial charge in [0.1, 0.15) is 5.75 Å². The first-order valence-electron chi connectivity index (χ1n) is 7.19. The van der Waals surface area contributed by atoms with Gasteiger partial charge in [-0.05, 0) is 49.3 Å². The van der Waals surface area contributed by atoms with Crippen LogP contribution in [0.3, 0.4) is 0 Å². The lowest BCUT2D eigenvalue weighted by Crippen LogP contribution is -2.20. The number of nitrogens with two attached hydrogens (primary N) is 1. The molecule has 1 unspecified atom stereocenters. The van der Waals surface area contributed by atoms with Gasteiger partial charge in [-0.1, -0.05) is 37.5 Å². The number of rotatable bonds is 5. The number of hydrogen-bond acceptors (Lipinski definition) is 2. The summed E-state index contributed by atoms with van der Waals surface area (Å²) in [6, 6.07) is 8.45. The fourth-order valence-electron chi connectivity index (χ4n) is 3.33. The molecule has 0 heterocycles. The standard InChI is InChI=1S/C16H25NO/c1-18-16-10-6-5-9-15(16)14(11-12-17)13-7-3-2-4-8-13/h5-6,9-10,13-14H,2-4,7-8,11-12,17H2,1H3. The predicted molar refractivity (Wildman–Crippen MR) is 76.0 cm³/mol. The number of ether oxygens (including phenoxy) is 1. The molecule has 0 saturated heterocycles. The quantitative estimate of drug-likeness (QED) is 0.861. The van der Waals surface area contributed by atoms with Crippen molar-refractivity contribution in [2.75, 3.05) is 13.7 Å². The zero-order valence-corrected chi connectivity index (χ0v) is 11.4. The smallest absolute Gasteiger partial charge is 0.122 e. The highest BCUT2D eigenvalue weighted by molar-refractivity contribution is 5.36. The molecule has 0 aliphatic heterocycles. The van der Waals surface area contributed by atoms with E-state index >= 15 is 0 Å². The lowest BCUT2D eigenvalue weighted by Gasteiger charge is -2.31. The topological polar surface area (TPSA) is 35.2 Å². The van der Waals surface area contributed by atoms with Crippen molar-refractivity contribution in [2.45, 2.75) is 44.4 Å². The van der Waals surface area contributed by atoms with Crippen LogP contribution in [-0.2, 0) is 0 Å². The van der Waals surface area contributed by atoms with Gasteiger partial charge in [0.25, 0.3) is 0 Å². The van der Waals surface area contributed by atoms with Gasteiger partial charge in [0, 0.05) is 0 Å². The average Bonchev–Trinajstić information content (AvgIpc) is 2.46. The predicted octanol–water partition coefficient (Wildman–Crippen LogP) is 3.71. The number of methoxy groups -OCH3 is 1. The van der Waals surface area contributed by atoms with Gasteiger partial charge in [0.15, 0.2) is 0 Å². The van der Waals surface area contributed by atoms with Crippen molar-refractivity contribution in [3.63, 3.8) is 0 Å². The maximum absolute atomic E-state index is 5.82. The van der Waals surface area contributed by atoms with Crippen LogP contribution in [0, 0.1) is 5.92 Å². The average molecular weight is 247 g/mol. The summed E-state index contributed by atoms with van der Waals surface area (Å²) in [6.45, 7) is 0.763. The summed E-state index contributed by atoms with van der Waals surface area (Å²) < 4.78 is 5.52. The molecular weight excluding hydrogens is 222 g/mol. The van der Waals surface area contributed by atoms with E-state index in [0.29, 0.717) is 5.92 Å². The van der Waals surface area contributed by atoms with Crippen LogP contribution in [0.5, 0.6) is 5.75 Å². The van der Waals surface area contributed by atoms with E-state index in [9.17, 15) is 0 Å². The Balaban J connectivity index is 2.22. The molecule has 100 valence electrons. The van der Waals surface area contributed by atoms with Crippen LogP contribution in [-0.4, -0.2) is 13.7 Å². The van der Waals surface area contributed by atoms with E-state index in [4.69, 9.17) is 10.5 Å².